The second kappa shape index (κ2) is 5.56. The molecule has 0 aromatic carbocycles. The van der Waals surface area contributed by atoms with Crippen LogP contribution in [0.1, 0.15) is 12.8 Å². The van der Waals surface area contributed by atoms with Crippen LogP contribution in [0.3, 0.4) is 0 Å². The molecular formula is C6H8Br2N2O. The number of carbonyl (C=O) groups is 1. The topological polar surface area (TPSA) is 66.9 Å². The first-order chi connectivity index (χ1) is 5.09. The zero-order valence-corrected chi connectivity index (χ0v) is 8.93. The van der Waals surface area contributed by atoms with Gasteiger partial charge < -0.3 is 5.73 Å². The van der Waals surface area contributed by atoms with Gasteiger partial charge in [-0.3, -0.25) is 4.79 Å². The van der Waals surface area contributed by atoms with Crippen LogP contribution in [-0.2, 0) is 4.79 Å². The molecule has 2 N–H and O–H groups in total. The molecule has 2 atom stereocenters. The van der Waals surface area contributed by atoms with E-state index in [4.69, 9.17) is 11.0 Å². The highest BCUT2D eigenvalue weighted by Crippen LogP contribution is 2.18. The Labute approximate surface area is 82.2 Å². The number of rotatable bonds is 4. The highest BCUT2D eigenvalue weighted by molar-refractivity contribution is 9.12. The largest absolute Gasteiger partial charge is 0.369 e. The summed E-state index contributed by atoms with van der Waals surface area (Å²) in [5, 5.41) is 8.23. The van der Waals surface area contributed by atoms with Gasteiger partial charge in [-0.15, -0.1) is 0 Å². The minimum atomic E-state index is -0.412. The van der Waals surface area contributed by atoms with Gasteiger partial charge in [0.05, 0.1) is 6.07 Å². The summed E-state index contributed by atoms with van der Waals surface area (Å²) in [5.74, 6) is -0.412. The monoisotopic (exact) mass is 282 g/mol. The number of halogens is 2. The Morgan fingerprint density at radius 3 is 2.55 bits per heavy atom. The third kappa shape index (κ3) is 4.38. The molecule has 0 aliphatic rings. The highest BCUT2D eigenvalue weighted by atomic mass is 79.9. The van der Waals surface area contributed by atoms with Crippen molar-refractivity contribution >= 4 is 37.8 Å². The number of nitriles is 1. The molecule has 0 aliphatic carbocycles. The van der Waals surface area contributed by atoms with Crippen LogP contribution in [-0.4, -0.2) is 15.6 Å². The van der Waals surface area contributed by atoms with E-state index in [-0.39, 0.29) is 4.83 Å². The molecule has 0 rings (SSSR count). The minimum absolute atomic E-state index is 0.0559. The van der Waals surface area contributed by atoms with E-state index in [9.17, 15) is 4.79 Å². The summed E-state index contributed by atoms with van der Waals surface area (Å²) in [6, 6.07) is 1.99. The summed E-state index contributed by atoms with van der Waals surface area (Å²) in [5.41, 5.74) is 5.01. The number of nitrogens with zero attached hydrogens (tertiary/aromatic N) is 1. The number of alkyl halides is 2. The van der Waals surface area contributed by atoms with Gasteiger partial charge in [0.2, 0.25) is 5.91 Å². The average molecular weight is 284 g/mol. The van der Waals surface area contributed by atoms with Gasteiger partial charge >= 0.3 is 0 Å². The molecule has 0 bridgehead atoms. The molecule has 2 unspecified atom stereocenters. The molecule has 0 saturated carbocycles. The van der Waals surface area contributed by atoms with E-state index in [0.717, 1.165) is 0 Å². The first-order valence-corrected chi connectivity index (χ1v) is 4.87. The van der Waals surface area contributed by atoms with Crippen molar-refractivity contribution in [3.05, 3.63) is 0 Å². The zero-order valence-electron chi connectivity index (χ0n) is 5.76. The third-order valence-corrected chi connectivity index (χ3v) is 3.91. The van der Waals surface area contributed by atoms with Gasteiger partial charge in [0.15, 0.2) is 0 Å². The summed E-state index contributed by atoms with van der Waals surface area (Å²) >= 11 is 6.35. The van der Waals surface area contributed by atoms with Crippen LogP contribution in [0, 0.1) is 11.3 Å². The summed E-state index contributed by atoms with van der Waals surface area (Å²) in [4.78, 5) is 10.1. The molecule has 0 heterocycles. The van der Waals surface area contributed by atoms with Crippen molar-refractivity contribution in [1.29, 1.82) is 5.26 Å². The molecule has 0 aromatic rings. The Morgan fingerprint density at radius 1 is 1.64 bits per heavy atom. The third-order valence-electron chi connectivity index (χ3n) is 1.12. The number of hydrogen-bond donors (Lipinski definition) is 1. The van der Waals surface area contributed by atoms with Crippen LogP contribution in [0.15, 0.2) is 0 Å². The maximum absolute atomic E-state index is 10.6. The van der Waals surface area contributed by atoms with Crippen LogP contribution in [0.2, 0.25) is 0 Å². The standard InChI is InChI=1S/C6H8Br2N2O/c7-4(2-1-3-9)5(8)6(10)11/h4-5H,1-2H2,(H2,10,11). The summed E-state index contributed by atoms with van der Waals surface area (Å²) in [7, 11) is 0. The highest BCUT2D eigenvalue weighted by Gasteiger charge is 2.20. The van der Waals surface area contributed by atoms with Gasteiger partial charge in [-0.25, -0.2) is 0 Å². The lowest BCUT2D eigenvalue weighted by molar-refractivity contribution is -0.117. The maximum Gasteiger partial charge on any atom is 0.232 e. The molecule has 1 amide bonds. The Bertz CT molecular complexity index is 178. The van der Waals surface area contributed by atoms with Crippen LogP contribution in [0.5, 0.6) is 0 Å². The van der Waals surface area contributed by atoms with Gasteiger partial charge in [0.25, 0.3) is 0 Å². The Morgan fingerprint density at radius 2 is 2.18 bits per heavy atom. The molecule has 5 heteroatoms. The zero-order chi connectivity index (χ0) is 8.85. The van der Waals surface area contributed by atoms with Crippen LogP contribution >= 0.6 is 31.9 Å². The normalized spacial score (nSPS) is 15.0. The predicted molar refractivity (Wildman–Crippen MR) is 49.5 cm³/mol. The van der Waals surface area contributed by atoms with E-state index in [1.54, 1.807) is 0 Å². The first kappa shape index (κ1) is 10.9. The second-order valence-electron chi connectivity index (χ2n) is 2.02. The lowest BCUT2D eigenvalue weighted by atomic mass is 10.2. The lowest BCUT2D eigenvalue weighted by Gasteiger charge is -2.10. The van der Waals surface area contributed by atoms with Crippen molar-refractivity contribution in [2.24, 2.45) is 5.73 Å². The van der Waals surface area contributed by atoms with E-state index in [0.29, 0.717) is 12.8 Å². The minimum Gasteiger partial charge on any atom is -0.369 e. The quantitative estimate of drug-likeness (QED) is 0.791. The SMILES string of the molecule is N#CCCC(Br)C(Br)C(N)=O. The predicted octanol–water partition coefficient (Wildman–Crippen LogP) is 1.30. The fourth-order valence-electron chi connectivity index (χ4n) is 0.527. The van der Waals surface area contributed by atoms with Gasteiger partial charge in [0, 0.05) is 11.2 Å². The smallest absolute Gasteiger partial charge is 0.232 e. The number of amides is 1. The molecule has 62 valence electrons. The second-order valence-corrected chi connectivity index (χ2v) is 4.18. The number of primary amides is 1. The summed E-state index contributed by atoms with van der Waals surface area (Å²) in [6.45, 7) is 0. The van der Waals surface area contributed by atoms with E-state index in [1.165, 1.54) is 0 Å². The van der Waals surface area contributed by atoms with Gasteiger partial charge in [-0.05, 0) is 6.42 Å². The molecule has 0 fully saturated rings. The fraction of sp³-hybridized carbons (Fsp3) is 0.667. The summed E-state index contributed by atoms with van der Waals surface area (Å²) in [6.07, 6.45) is 1.04. The average Bonchev–Trinajstić information content (AvgIpc) is 1.98. The molecule has 0 saturated heterocycles. The molecule has 0 aliphatic heterocycles. The Hall–Kier alpha value is -0.0800. The Balaban J connectivity index is 3.75. The van der Waals surface area contributed by atoms with Crippen LogP contribution in [0.4, 0.5) is 0 Å². The molecule has 0 spiro atoms. The fourth-order valence-corrected chi connectivity index (χ4v) is 1.28. The number of carbonyl (C=O) groups excluding carboxylic acids is 1. The molecule has 3 nitrogen and oxygen atoms in total. The van der Waals surface area contributed by atoms with E-state index < -0.39 is 10.7 Å². The van der Waals surface area contributed by atoms with E-state index in [1.807, 2.05) is 6.07 Å². The maximum atomic E-state index is 10.6. The number of nitrogens with two attached hydrogens (primary N) is 1. The first-order valence-electron chi connectivity index (χ1n) is 3.04. The van der Waals surface area contributed by atoms with Crippen molar-refractivity contribution in [3.63, 3.8) is 0 Å². The van der Waals surface area contributed by atoms with Crippen molar-refractivity contribution < 1.29 is 4.79 Å². The van der Waals surface area contributed by atoms with Gasteiger partial charge in [-0.2, -0.15) is 5.26 Å². The lowest BCUT2D eigenvalue weighted by Crippen LogP contribution is -2.30. The molecule has 0 radical (unpaired) electrons. The van der Waals surface area contributed by atoms with Crippen LogP contribution in [0.25, 0.3) is 0 Å². The molecule has 0 aromatic heterocycles. The van der Waals surface area contributed by atoms with Crippen molar-refractivity contribution in [2.75, 3.05) is 0 Å². The summed E-state index contributed by atoms with van der Waals surface area (Å²) < 4.78 is 0. The van der Waals surface area contributed by atoms with E-state index in [2.05, 4.69) is 31.9 Å². The van der Waals surface area contributed by atoms with Gasteiger partial charge in [-0.1, -0.05) is 31.9 Å². The van der Waals surface area contributed by atoms with Crippen LogP contribution < -0.4 is 5.73 Å². The molecular weight excluding hydrogens is 276 g/mol. The molecule has 11 heavy (non-hydrogen) atoms. The van der Waals surface area contributed by atoms with E-state index >= 15 is 0 Å². The van der Waals surface area contributed by atoms with Gasteiger partial charge in [0.1, 0.15) is 4.83 Å². The van der Waals surface area contributed by atoms with Crippen molar-refractivity contribution in [2.45, 2.75) is 22.5 Å². The van der Waals surface area contributed by atoms with Crippen molar-refractivity contribution in [3.8, 4) is 6.07 Å². The van der Waals surface area contributed by atoms with Crippen molar-refractivity contribution in [1.82, 2.24) is 0 Å². The number of hydrogen-bond acceptors (Lipinski definition) is 2. The Kier molecular flexibility index (Phi) is 5.51.